The van der Waals surface area contributed by atoms with Crippen molar-refractivity contribution in [2.75, 3.05) is 0 Å². The number of hydrogen-bond donors (Lipinski definition) is 0. The molecule has 0 radical (unpaired) electrons. The number of fused-ring (bicyclic) bond motifs is 3. The third-order valence-corrected chi connectivity index (χ3v) is 68.0. The van der Waals surface area contributed by atoms with Crippen molar-refractivity contribution >= 4 is 25.8 Å². The van der Waals surface area contributed by atoms with E-state index in [-0.39, 0.29) is 0 Å². The van der Waals surface area contributed by atoms with Gasteiger partial charge >= 0.3 is 203 Å². The van der Waals surface area contributed by atoms with Gasteiger partial charge in [0.2, 0.25) is 0 Å². The molecular weight excluding hydrogens is 658 g/mol. The van der Waals surface area contributed by atoms with Crippen molar-refractivity contribution in [1.29, 1.82) is 0 Å². The predicted octanol–water partition coefficient (Wildman–Crippen LogP) is 4.88. The van der Waals surface area contributed by atoms with Crippen molar-refractivity contribution in [1.82, 2.24) is 0 Å². The summed E-state index contributed by atoms with van der Waals surface area (Å²) >= 11 is -4.72. The van der Waals surface area contributed by atoms with Crippen LogP contribution in [-0.2, 0) is 23.7 Å². The van der Waals surface area contributed by atoms with Gasteiger partial charge < -0.3 is 0 Å². The van der Waals surface area contributed by atoms with Crippen LogP contribution < -0.4 is 10.5 Å². The first-order valence-electron chi connectivity index (χ1n) is 11.4. The van der Waals surface area contributed by atoms with E-state index in [1.165, 1.54) is 23.1 Å². The molecule has 2 aliphatic rings. The van der Waals surface area contributed by atoms with Crippen LogP contribution in [0.2, 0.25) is 0 Å². The number of rotatable bonds is 5. The monoisotopic (exact) mass is 685 g/mol. The molecule has 0 aromatic heterocycles. The summed E-state index contributed by atoms with van der Waals surface area (Å²) < 4.78 is 6.97. The van der Waals surface area contributed by atoms with Gasteiger partial charge in [-0.25, -0.2) is 0 Å². The summed E-state index contributed by atoms with van der Waals surface area (Å²) in [5.41, 5.74) is 6.11. The molecule has 0 amide bonds. The molecule has 0 spiro atoms. The molecule has 0 fully saturated rings. The second-order valence-corrected chi connectivity index (χ2v) is 49.6. The van der Waals surface area contributed by atoms with Crippen molar-refractivity contribution in [3.05, 3.63) is 136 Å². The topological polar surface area (TPSA) is 0 Å². The van der Waals surface area contributed by atoms with Gasteiger partial charge in [-0.05, 0) is 0 Å². The van der Waals surface area contributed by atoms with Crippen LogP contribution in [0.4, 0.5) is 0 Å². The average Bonchev–Trinajstić information content (AvgIpc) is 3.52. The van der Waals surface area contributed by atoms with Gasteiger partial charge in [-0.2, -0.15) is 0 Å². The summed E-state index contributed by atoms with van der Waals surface area (Å²) in [6.07, 6.45) is 9.48. The first-order valence-corrected chi connectivity index (χ1v) is 33.9. The summed E-state index contributed by atoms with van der Waals surface area (Å²) in [4.78, 5) is 0. The van der Waals surface area contributed by atoms with Crippen molar-refractivity contribution in [2.24, 2.45) is 0 Å². The molecule has 0 bridgehead atoms. The molecule has 0 aliphatic heterocycles. The fraction of sp³-hybridized carbons (Fsp3) is 0.0667. The van der Waals surface area contributed by atoms with Gasteiger partial charge in [0.05, 0.1) is 0 Å². The Morgan fingerprint density at radius 1 is 0.625 bits per heavy atom. The predicted molar refractivity (Wildman–Crippen MR) is 135 cm³/mol. The van der Waals surface area contributed by atoms with Crippen LogP contribution in [-0.4, -0.2) is 15.3 Å². The van der Waals surface area contributed by atoms with Crippen LogP contribution >= 0.6 is 0 Å². The van der Waals surface area contributed by atoms with Crippen LogP contribution in [0.15, 0.2) is 125 Å². The molecular formula is C30H25HfSn. The van der Waals surface area contributed by atoms with Crippen LogP contribution in [0.5, 0.6) is 0 Å². The molecule has 0 saturated heterocycles. The Hall–Kier alpha value is -1.97. The molecule has 2 heteroatoms. The SMILES string of the molecule is C1=CC[C]([Hf]([c]2cccc3c2Cc2ccccc2-3)[SnH]([c]2ccccc2)[c]2ccccc2)=C1. The number of allylic oxidation sites excluding steroid dienone is 4. The maximum absolute atomic E-state index is 2.53. The summed E-state index contributed by atoms with van der Waals surface area (Å²) in [7, 11) is 0. The molecule has 0 unspecified atom stereocenters. The fourth-order valence-corrected chi connectivity index (χ4v) is 73.3. The molecule has 4 aromatic carbocycles. The van der Waals surface area contributed by atoms with E-state index in [0.717, 1.165) is 6.42 Å². The molecule has 0 heterocycles. The summed E-state index contributed by atoms with van der Waals surface area (Å²) in [6.45, 7) is 0. The standard InChI is InChI=1S/C13H9.2C6H5.C5H5.Hf.Sn.H/c1-3-7-12-10(5-1)9-11-6-2-4-8-13(11)12;2*1-2-4-6-5-3-1;1-2-4-5-3-1;;;/h1-5,7-8H,9H2;2*1-5H;1-3H,4H2;;;. The summed E-state index contributed by atoms with van der Waals surface area (Å²) in [5, 5.41) is 0. The number of benzene rings is 4. The van der Waals surface area contributed by atoms with Gasteiger partial charge in [-0.3, -0.25) is 0 Å². The normalized spacial score (nSPS) is 13.7. The van der Waals surface area contributed by atoms with Gasteiger partial charge in [-0.1, -0.05) is 0 Å². The minimum absolute atomic E-state index is 1.11. The molecule has 6 rings (SSSR count). The van der Waals surface area contributed by atoms with E-state index < -0.39 is 32.6 Å². The van der Waals surface area contributed by atoms with Crippen LogP contribution in [0.1, 0.15) is 17.5 Å². The molecule has 32 heavy (non-hydrogen) atoms. The summed E-state index contributed by atoms with van der Waals surface area (Å²) in [5.74, 6) is 0. The second kappa shape index (κ2) is 9.11. The van der Waals surface area contributed by atoms with Crippen LogP contribution in [0.3, 0.4) is 0 Å². The molecule has 4 aromatic rings. The van der Waals surface area contributed by atoms with Crippen molar-refractivity contribution in [3.8, 4) is 11.1 Å². The zero-order valence-electron chi connectivity index (χ0n) is 18.0. The third kappa shape index (κ3) is 3.74. The van der Waals surface area contributed by atoms with Gasteiger partial charge in [0.15, 0.2) is 0 Å². The van der Waals surface area contributed by atoms with Gasteiger partial charge in [0.1, 0.15) is 0 Å². The van der Waals surface area contributed by atoms with Gasteiger partial charge in [0.25, 0.3) is 0 Å². The van der Waals surface area contributed by atoms with Gasteiger partial charge in [0, 0.05) is 0 Å². The Morgan fingerprint density at radius 3 is 1.97 bits per heavy atom. The zero-order chi connectivity index (χ0) is 21.3. The third-order valence-electron chi connectivity index (χ3n) is 6.81. The van der Waals surface area contributed by atoms with Crippen LogP contribution in [0, 0.1) is 0 Å². The molecule has 0 N–H and O–H groups in total. The second-order valence-electron chi connectivity index (χ2n) is 8.66. The van der Waals surface area contributed by atoms with Crippen molar-refractivity contribution in [2.45, 2.75) is 12.8 Å². The van der Waals surface area contributed by atoms with E-state index in [0.29, 0.717) is 0 Å². The molecule has 0 nitrogen and oxygen atoms in total. The Labute approximate surface area is 201 Å². The van der Waals surface area contributed by atoms with E-state index in [2.05, 4.69) is 121 Å². The Bertz CT molecular complexity index is 1280. The van der Waals surface area contributed by atoms with E-state index in [1.807, 2.05) is 3.33 Å². The number of hydrogen-bond acceptors (Lipinski definition) is 0. The summed E-state index contributed by atoms with van der Waals surface area (Å²) in [6, 6.07) is 39.5. The van der Waals surface area contributed by atoms with E-state index in [4.69, 9.17) is 0 Å². The first-order chi connectivity index (χ1) is 15.9. The van der Waals surface area contributed by atoms with Crippen molar-refractivity contribution < 1.29 is 17.3 Å². The fourth-order valence-electron chi connectivity index (χ4n) is 5.39. The van der Waals surface area contributed by atoms with E-state index >= 15 is 0 Å². The minimum atomic E-state index is -2.39. The zero-order valence-corrected chi connectivity index (χ0v) is 24.9. The first kappa shape index (κ1) is 20.6. The average molecular weight is 683 g/mol. The quantitative estimate of drug-likeness (QED) is 0.232. The van der Waals surface area contributed by atoms with E-state index in [1.54, 1.807) is 16.0 Å². The molecule has 153 valence electrons. The molecule has 0 saturated carbocycles. The Kier molecular flexibility index (Phi) is 5.87. The molecule has 0 atom stereocenters. The van der Waals surface area contributed by atoms with Gasteiger partial charge in [-0.15, -0.1) is 0 Å². The van der Waals surface area contributed by atoms with E-state index in [9.17, 15) is 0 Å². The molecule has 2 aliphatic carbocycles. The maximum atomic E-state index is 2.53. The Morgan fingerprint density at radius 2 is 1.28 bits per heavy atom. The Balaban J connectivity index is 1.57. The van der Waals surface area contributed by atoms with Crippen molar-refractivity contribution in [3.63, 3.8) is 0 Å². The van der Waals surface area contributed by atoms with Crippen LogP contribution in [0.25, 0.3) is 11.1 Å².